The maximum absolute atomic E-state index is 14.7. The van der Waals surface area contributed by atoms with Gasteiger partial charge < -0.3 is 15.3 Å². The van der Waals surface area contributed by atoms with Crippen molar-refractivity contribution in [1.29, 1.82) is 0 Å². The number of carbonyl (C=O) groups excluding carboxylic acids is 1. The predicted molar refractivity (Wildman–Crippen MR) is 161 cm³/mol. The van der Waals surface area contributed by atoms with Crippen molar-refractivity contribution < 1.29 is 36.2 Å². The molecule has 47 heavy (non-hydrogen) atoms. The first-order valence-corrected chi connectivity index (χ1v) is 15.2. The van der Waals surface area contributed by atoms with E-state index in [0.29, 0.717) is 11.1 Å². The highest BCUT2D eigenvalue weighted by molar-refractivity contribution is 5.97. The van der Waals surface area contributed by atoms with Gasteiger partial charge >= 0.3 is 12.4 Å². The van der Waals surface area contributed by atoms with Crippen molar-refractivity contribution in [2.75, 3.05) is 23.3 Å². The summed E-state index contributed by atoms with van der Waals surface area (Å²) in [5.41, 5.74) is 0.133. The molecule has 1 amide bonds. The van der Waals surface area contributed by atoms with Crippen molar-refractivity contribution in [3.8, 4) is 0 Å². The lowest BCUT2D eigenvalue weighted by Gasteiger charge is -2.35. The number of halogens is 6. The van der Waals surface area contributed by atoms with E-state index in [1.54, 1.807) is 55.1 Å². The lowest BCUT2D eigenvalue weighted by molar-refractivity contribution is -0.177. The van der Waals surface area contributed by atoms with Crippen LogP contribution in [0.15, 0.2) is 66.7 Å². The van der Waals surface area contributed by atoms with Crippen LogP contribution in [0.3, 0.4) is 0 Å². The third-order valence-electron chi connectivity index (χ3n) is 8.68. The molecule has 248 valence electrons. The molecule has 6 rings (SSSR count). The molecule has 0 bridgehead atoms. The summed E-state index contributed by atoms with van der Waals surface area (Å²) in [6.07, 6.45) is -11.6. The molecule has 0 saturated carbocycles. The number of fused-ring (bicyclic) bond motifs is 1. The standard InChI is InChI=1S/C33H32F6N6O2/c1-18(2)29-40-22(32(34,35)36)17-23(41-29)44-15-13-19(14-16-44)26-24-25(33(37,38)39)28(46)31(47)42-30(24)45(43-26)27(20-9-5-3-6-10-20)21-11-7-4-8-12-21/h3-12,17-19,25,27-28,46H,13-16H2,1-2H3,(H,42,47). The van der Waals surface area contributed by atoms with Crippen LogP contribution in [0.1, 0.15) is 84.4 Å². The van der Waals surface area contributed by atoms with Crippen LogP contribution in [-0.4, -0.2) is 56.1 Å². The molecule has 1 saturated heterocycles. The molecule has 2 N–H and O–H groups in total. The van der Waals surface area contributed by atoms with E-state index in [1.807, 2.05) is 24.3 Å². The van der Waals surface area contributed by atoms with Gasteiger partial charge in [-0.05, 0) is 24.0 Å². The van der Waals surface area contributed by atoms with Crippen LogP contribution in [0, 0.1) is 0 Å². The molecule has 2 aliphatic rings. The largest absolute Gasteiger partial charge is 0.433 e. The normalized spacial score (nSPS) is 19.3. The molecule has 2 aromatic carbocycles. The van der Waals surface area contributed by atoms with Gasteiger partial charge in [-0.2, -0.15) is 31.4 Å². The van der Waals surface area contributed by atoms with E-state index in [1.165, 1.54) is 4.68 Å². The van der Waals surface area contributed by atoms with Gasteiger partial charge in [-0.1, -0.05) is 74.5 Å². The average molecular weight is 659 g/mol. The first kappa shape index (κ1) is 32.5. The number of piperidine rings is 1. The third-order valence-corrected chi connectivity index (χ3v) is 8.68. The minimum Gasteiger partial charge on any atom is -0.382 e. The second-order valence-electron chi connectivity index (χ2n) is 12.2. The van der Waals surface area contributed by atoms with Crippen molar-refractivity contribution >= 4 is 17.5 Å². The molecule has 0 aliphatic carbocycles. The molecular weight excluding hydrogens is 626 g/mol. The Balaban J connectivity index is 1.43. The van der Waals surface area contributed by atoms with Gasteiger partial charge in [0.25, 0.3) is 5.91 Å². The molecule has 0 radical (unpaired) electrons. The summed E-state index contributed by atoms with van der Waals surface area (Å²) in [7, 11) is 0. The van der Waals surface area contributed by atoms with E-state index in [2.05, 4.69) is 15.3 Å². The smallest absolute Gasteiger partial charge is 0.382 e. The Labute approximate surface area is 266 Å². The summed E-state index contributed by atoms with van der Waals surface area (Å²) in [6, 6.07) is 18.2. The van der Waals surface area contributed by atoms with Gasteiger partial charge in [0, 0.05) is 36.6 Å². The monoisotopic (exact) mass is 658 g/mol. The Bertz CT molecular complexity index is 1690. The molecule has 14 heteroatoms. The summed E-state index contributed by atoms with van der Waals surface area (Å²) in [4.78, 5) is 22.5. The Morgan fingerprint density at radius 2 is 1.47 bits per heavy atom. The van der Waals surface area contributed by atoms with Gasteiger partial charge in [-0.25, -0.2) is 14.6 Å². The van der Waals surface area contributed by atoms with Gasteiger partial charge in [0.2, 0.25) is 0 Å². The minimum atomic E-state index is -4.98. The van der Waals surface area contributed by atoms with Crippen LogP contribution < -0.4 is 10.2 Å². The highest BCUT2D eigenvalue weighted by Gasteiger charge is 2.55. The Morgan fingerprint density at radius 1 is 0.894 bits per heavy atom. The molecule has 1 fully saturated rings. The zero-order valence-electron chi connectivity index (χ0n) is 25.4. The fourth-order valence-corrected chi connectivity index (χ4v) is 6.37. The molecule has 2 aromatic heterocycles. The quantitative estimate of drug-likeness (QED) is 0.222. The molecule has 2 aliphatic heterocycles. The number of nitrogens with one attached hydrogen (secondary N) is 1. The Hall–Kier alpha value is -4.46. The summed E-state index contributed by atoms with van der Waals surface area (Å²) < 4.78 is 86.4. The number of rotatable bonds is 6. The number of anilines is 2. The van der Waals surface area contributed by atoms with Crippen molar-refractivity contribution in [1.82, 2.24) is 19.7 Å². The average Bonchev–Trinajstić information content (AvgIpc) is 3.39. The Kier molecular flexibility index (Phi) is 8.49. The summed E-state index contributed by atoms with van der Waals surface area (Å²) in [5, 5.41) is 17.9. The topological polar surface area (TPSA) is 96.2 Å². The van der Waals surface area contributed by atoms with Gasteiger partial charge in [0.15, 0.2) is 0 Å². The third kappa shape index (κ3) is 6.30. The van der Waals surface area contributed by atoms with E-state index >= 15 is 0 Å². The van der Waals surface area contributed by atoms with Crippen molar-refractivity contribution in [2.45, 2.75) is 68.9 Å². The molecule has 0 spiro atoms. The van der Waals surface area contributed by atoms with Crippen LogP contribution in [0.4, 0.5) is 38.0 Å². The molecule has 8 nitrogen and oxygen atoms in total. The minimum absolute atomic E-state index is 0.0374. The number of hydrogen-bond donors (Lipinski definition) is 2. The van der Waals surface area contributed by atoms with Crippen molar-refractivity contribution in [3.05, 3.63) is 101 Å². The lowest BCUT2D eigenvalue weighted by Crippen LogP contribution is -2.45. The molecule has 2 atom stereocenters. The van der Waals surface area contributed by atoms with Crippen LogP contribution in [-0.2, 0) is 11.0 Å². The SMILES string of the molecule is CC(C)c1nc(N2CCC(c3nn(C(c4ccccc4)c4ccccc4)c4c3C(C(F)(F)F)C(O)C(=O)N4)CC2)cc(C(F)(F)F)n1. The highest BCUT2D eigenvalue weighted by Crippen LogP contribution is 2.49. The first-order valence-electron chi connectivity index (χ1n) is 15.2. The van der Waals surface area contributed by atoms with Crippen molar-refractivity contribution in [2.24, 2.45) is 0 Å². The van der Waals surface area contributed by atoms with Gasteiger partial charge in [0.1, 0.15) is 41.2 Å². The van der Waals surface area contributed by atoms with Gasteiger partial charge in [-0.15, -0.1) is 0 Å². The zero-order valence-corrected chi connectivity index (χ0v) is 25.4. The van der Waals surface area contributed by atoms with E-state index in [0.717, 1.165) is 6.07 Å². The number of carbonyl (C=O) groups is 1. The summed E-state index contributed by atoms with van der Waals surface area (Å²) >= 11 is 0. The number of aliphatic hydroxyl groups excluding tert-OH is 1. The molecular formula is C33H32F6N6O2. The van der Waals surface area contributed by atoms with Crippen LogP contribution >= 0.6 is 0 Å². The summed E-state index contributed by atoms with van der Waals surface area (Å²) in [6.45, 7) is 3.75. The van der Waals surface area contributed by atoms with E-state index < -0.39 is 47.9 Å². The van der Waals surface area contributed by atoms with Gasteiger partial charge in [0.05, 0.1) is 5.69 Å². The van der Waals surface area contributed by atoms with Crippen LogP contribution in [0.25, 0.3) is 0 Å². The van der Waals surface area contributed by atoms with Crippen molar-refractivity contribution in [3.63, 3.8) is 0 Å². The fourth-order valence-electron chi connectivity index (χ4n) is 6.37. The fraction of sp³-hybridized carbons (Fsp3) is 0.394. The molecule has 2 unspecified atom stereocenters. The lowest BCUT2D eigenvalue weighted by atomic mass is 9.82. The number of hydrogen-bond acceptors (Lipinski definition) is 6. The number of nitrogens with zero attached hydrogens (tertiary/aromatic N) is 5. The number of benzene rings is 2. The maximum atomic E-state index is 14.7. The zero-order chi connectivity index (χ0) is 33.7. The molecule has 4 aromatic rings. The van der Waals surface area contributed by atoms with Crippen LogP contribution in [0.5, 0.6) is 0 Å². The number of amides is 1. The Morgan fingerprint density at radius 3 is 1.98 bits per heavy atom. The maximum Gasteiger partial charge on any atom is 0.433 e. The summed E-state index contributed by atoms with van der Waals surface area (Å²) in [5.74, 6) is -4.66. The predicted octanol–water partition coefficient (Wildman–Crippen LogP) is 6.80. The number of aliphatic hydroxyl groups is 1. The highest BCUT2D eigenvalue weighted by atomic mass is 19.4. The molecule has 4 heterocycles. The van der Waals surface area contributed by atoms with Gasteiger partial charge in [-0.3, -0.25) is 4.79 Å². The number of aromatic nitrogens is 4. The van der Waals surface area contributed by atoms with E-state index in [-0.39, 0.29) is 60.6 Å². The second-order valence-corrected chi connectivity index (χ2v) is 12.2. The first-order chi connectivity index (χ1) is 22.2. The van der Waals surface area contributed by atoms with E-state index in [9.17, 15) is 36.2 Å². The number of alkyl halides is 6. The second kappa shape index (κ2) is 12.3. The van der Waals surface area contributed by atoms with E-state index in [4.69, 9.17) is 5.10 Å². The van der Waals surface area contributed by atoms with Crippen LogP contribution in [0.2, 0.25) is 0 Å².